The summed E-state index contributed by atoms with van der Waals surface area (Å²) >= 11 is 0. The number of carboxylic acid groups (broad SMARTS) is 1. The van der Waals surface area contributed by atoms with Gasteiger partial charge in [-0.15, -0.1) is 0 Å². The van der Waals surface area contributed by atoms with Gasteiger partial charge in [0.1, 0.15) is 23.7 Å². The lowest BCUT2D eigenvalue weighted by Gasteiger charge is -2.30. The lowest BCUT2D eigenvalue weighted by atomic mass is 9.97. The third-order valence-electron chi connectivity index (χ3n) is 12.2. The average molecular weight is 831 g/mol. The molecule has 2 saturated heterocycles. The molecule has 5 N–H and O–H groups in total. The highest BCUT2D eigenvalue weighted by Crippen LogP contribution is 2.36. The molecule has 4 amide bonds. The number of aromatic nitrogens is 4. The molecule has 0 spiro atoms. The van der Waals surface area contributed by atoms with E-state index < -0.39 is 36.5 Å². The second-order valence-electron chi connectivity index (χ2n) is 15.8. The van der Waals surface area contributed by atoms with E-state index in [2.05, 4.69) is 75.2 Å². The Labute approximate surface area is 352 Å². The number of benzene rings is 4. The number of nitrogens with zero attached hydrogens (tertiary/aromatic N) is 4. The number of amides is 4. The van der Waals surface area contributed by atoms with E-state index in [0.29, 0.717) is 31.2 Å². The molecule has 0 unspecified atom stereocenters. The summed E-state index contributed by atoms with van der Waals surface area (Å²) < 4.78 is 15.5. The number of aromatic amines is 2. The monoisotopic (exact) mass is 830 g/mol. The zero-order valence-electron chi connectivity index (χ0n) is 34.7. The SMILES string of the molecule is COC(=O)N[C@H](C(=O)N1CCC[C@H]1c1nc2cc(-c3ccc4cc(-c5ccc6[nH]c([C@@H]7CCCN7C(=O)[C@@H](NC(=O)O)[C@@H](C)OC)nc6c5)ccc4c3)ccc2[nH]1)[C@@H](C)OC. The molecule has 0 bridgehead atoms. The summed E-state index contributed by atoms with van der Waals surface area (Å²) in [5, 5.41) is 16.5. The maximum absolute atomic E-state index is 13.7. The van der Waals surface area contributed by atoms with Gasteiger partial charge in [0.25, 0.3) is 0 Å². The number of likely N-dealkylation sites (tertiary alicyclic amines) is 2. The van der Waals surface area contributed by atoms with E-state index in [9.17, 15) is 24.3 Å². The number of hydrogen-bond donors (Lipinski definition) is 5. The van der Waals surface area contributed by atoms with Gasteiger partial charge >= 0.3 is 12.2 Å². The molecule has 2 aliphatic heterocycles. The average Bonchev–Trinajstić information content (AvgIpc) is 4.11. The zero-order valence-corrected chi connectivity index (χ0v) is 34.7. The zero-order chi connectivity index (χ0) is 42.9. The van der Waals surface area contributed by atoms with Gasteiger partial charge in [-0.25, -0.2) is 19.6 Å². The second kappa shape index (κ2) is 17.2. The Hall–Kier alpha value is -6.52. The van der Waals surface area contributed by atoms with Crippen molar-refractivity contribution in [1.82, 2.24) is 40.4 Å². The lowest BCUT2D eigenvalue weighted by Crippen LogP contribution is -2.54. The first-order valence-corrected chi connectivity index (χ1v) is 20.5. The van der Waals surface area contributed by atoms with Crippen LogP contribution >= 0.6 is 0 Å². The van der Waals surface area contributed by atoms with Crippen LogP contribution in [0.5, 0.6) is 0 Å². The molecule has 2 fully saturated rings. The van der Waals surface area contributed by atoms with E-state index in [0.717, 1.165) is 74.4 Å². The fourth-order valence-corrected chi connectivity index (χ4v) is 8.67. The van der Waals surface area contributed by atoms with Gasteiger partial charge in [-0.05, 0) is 109 Å². The van der Waals surface area contributed by atoms with Crippen LogP contribution in [-0.2, 0) is 23.8 Å². The van der Waals surface area contributed by atoms with Crippen LogP contribution in [0.2, 0.25) is 0 Å². The first-order chi connectivity index (χ1) is 29.5. The van der Waals surface area contributed by atoms with Crippen LogP contribution in [-0.4, -0.2) is 118 Å². The summed E-state index contributed by atoms with van der Waals surface area (Å²) in [7, 11) is 4.21. The van der Waals surface area contributed by atoms with E-state index in [1.165, 1.54) is 21.3 Å². The van der Waals surface area contributed by atoms with Crippen LogP contribution in [0.15, 0.2) is 72.8 Å². The van der Waals surface area contributed by atoms with Gasteiger partial charge in [0.05, 0.1) is 53.5 Å². The number of carbonyl (C=O) groups is 4. The topological polar surface area (TPSA) is 204 Å². The van der Waals surface area contributed by atoms with E-state index in [1.54, 1.807) is 23.6 Å². The highest BCUT2D eigenvalue weighted by molar-refractivity contribution is 5.93. The van der Waals surface area contributed by atoms with Gasteiger partial charge in [0.15, 0.2) is 0 Å². The van der Waals surface area contributed by atoms with Crippen molar-refractivity contribution >= 4 is 56.8 Å². The Kier molecular flexibility index (Phi) is 11.6. The molecule has 0 saturated carbocycles. The third kappa shape index (κ3) is 8.20. The van der Waals surface area contributed by atoms with Crippen LogP contribution in [0.1, 0.15) is 63.3 Å². The molecule has 16 heteroatoms. The van der Waals surface area contributed by atoms with Gasteiger partial charge in [0.2, 0.25) is 11.8 Å². The molecule has 2 aliphatic rings. The molecule has 318 valence electrons. The normalized spacial score (nSPS) is 18.6. The number of hydrogen-bond acceptors (Lipinski definition) is 9. The number of fused-ring (bicyclic) bond motifs is 3. The number of imidazole rings is 2. The predicted octanol–water partition coefficient (Wildman–Crippen LogP) is 6.68. The second-order valence-corrected chi connectivity index (χ2v) is 15.8. The third-order valence-corrected chi connectivity index (χ3v) is 12.2. The first-order valence-electron chi connectivity index (χ1n) is 20.5. The van der Waals surface area contributed by atoms with Crippen molar-refractivity contribution in [3.63, 3.8) is 0 Å². The molecule has 6 aromatic rings. The summed E-state index contributed by atoms with van der Waals surface area (Å²) in [5.74, 6) is 0.776. The minimum atomic E-state index is -1.28. The van der Waals surface area contributed by atoms with E-state index in [1.807, 2.05) is 18.2 Å². The first kappa shape index (κ1) is 41.2. The van der Waals surface area contributed by atoms with Crippen molar-refractivity contribution in [2.75, 3.05) is 34.4 Å². The standard InChI is InChI=1S/C45H50N8O8/c1-24(59-3)38(50-44(56)57)42(54)52-18-6-8-36(52)40-46-32-16-14-30(22-34(32)48-40)28-12-10-27-21-29(13-11-26(27)20-28)31-15-17-33-35(23-31)49-41(47-33)37-9-7-19-53(37)43(55)39(25(2)60-4)51-45(58)61-5/h10-17,20-25,36-39,50H,6-9,18-19H2,1-5H3,(H,46,48)(H,47,49)(H,51,58)(H,56,57)/t24-,25-,36+,37+,38+,39+/m1/s1. The van der Waals surface area contributed by atoms with Gasteiger partial charge in [0, 0.05) is 27.3 Å². The molecule has 0 aliphatic carbocycles. The van der Waals surface area contributed by atoms with E-state index in [4.69, 9.17) is 24.2 Å². The minimum absolute atomic E-state index is 0.249. The summed E-state index contributed by atoms with van der Waals surface area (Å²) in [5.41, 5.74) is 7.38. The summed E-state index contributed by atoms with van der Waals surface area (Å²) in [6.45, 7) is 4.44. The fourth-order valence-electron chi connectivity index (χ4n) is 8.67. The largest absolute Gasteiger partial charge is 0.465 e. The predicted molar refractivity (Wildman–Crippen MR) is 229 cm³/mol. The smallest absolute Gasteiger partial charge is 0.407 e. The van der Waals surface area contributed by atoms with Crippen LogP contribution in [0.3, 0.4) is 0 Å². The van der Waals surface area contributed by atoms with Gasteiger partial charge in [-0.1, -0.05) is 36.4 Å². The van der Waals surface area contributed by atoms with Crippen molar-refractivity contribution in [2.24, 2.45) is 0 Å². The minimum Gasteiger partial charge on any atom is -0.465 e. The highest BCUT2D eigenvalue weighted by atomic mass is 16.5. The fraction of sp³-hybridized carbons (Fsp3) is 0.378. The molecule has 2 aromatic heterocycles. The van der Waals surface area contributed by atoms with Crippen molar-refractivity contribution < 1.29 is 38.5 Å². The number of alkyl carbamates (subject to hydrolysis) is 1. The summed E-state index contributed by atoms with van der Waals surface area (Å²) in [6, 6.07) is 22.4. The molecular formula is C45H50N8O8. The van der Waals surface area contributed by atoms with Crippen LogP contribution in [0.4, 0.5) is 9.59 Å². The van der Waals surface area contributed by atoms with Gasteiger partial charge in [-0.2, -0.15) is 0 Å². The van der Waals surface area contributed by atoms with E-state index in [-0.39, 0.29) is 23.9 Å². The Morgan fingerprint density at radius 2 is 1.08 bits per heavy atom. The molecule has 6 atom stereocenters. The molecule has 61 heavy (non-hydrogen) atoms. The number of H-pyrrole nitrogens is 2. The number of methoxy groups -OCH3 is 3. The van der Waals surface area contributed by atoms with Crippen molar-refractivity contribution in [3.05, 3.63) is 84.4 Å². The number of nitrogens with one attached hydrogen (secondary N) is 4. The van der Waals surface area contributed by atoms with Crippen LogP contribution in [0, 0.1) is 0 Å². The Balaban J connectivity index is 0.995. The molecule has 4 aromatic carbocycles. The number of rotatable bonds is 12. The van der Waals surface area contributed by atoms with Crippen molar-refractivity contribution in [1.29, 1.82) is 0 Å². The number of carbonyl (C=O) groups excluding carboxylic acids is 3. The summed E-state index contributed by atoms with van der Waals surface area (Å²) in [4.78, 5) is 71.1. The molecular weight excluding hydrogens is 781 g/mol. The molecule has 4 heterocycles. The summed E-state index contributed by atoms with van der Waals surface area (Å²) in [6.07, 6.45) is -0.163. The van der Waals surface area contributed by atoms with E-state index >= 15 is 0 Å². The maximum Gasteiger partial charge on any atom is 0.407 e. The quantitative estimate of drug-likeness (QED) is 0.0885. The lowest BCUT2D eigenvalue weighted by molar-refractivity contribution is -0.138. The Morgan fingerprint density at radius 1 is 0.656 bits per heavy atom. The van der Waals surface area contributed by atoms with Crippen molar-refractivity contribution in [2.45, 2.75) is 75.9 Å². The molecule has 0 radical (unpaired) electrons. The Morgan fingerprint density at radius 3 is 1.51 bits per heavy atom. The Bertz CT molecular complexity index is 2620. The number of ether oxygens (including phenoxy) is 3. The van der Waals surface area contributed by atoms with Gasteiger partial charge in [-0.3, -0.25) is 9.59 Å². The highest BCUT2D eigenvalue weighted by Gasteiger charge is 2.40. The van der Waals surface area contributed by atoms with Gasteiger partial charge < -0.3 is 49.7 Å². The van der Waals surface area contributed by atoms with Crippen molar-refractivity contribution in [3.8, 4) is 22.3 Å². The van der Waals surface area contributed by atoms with Crippen LogP contribution < -0.4 is 10.6 Å². The maximum atomic E-state index is 13.7. The van der Waals surface area contributed by atoms with Crippen LogP contribution in [0.25, 0.3) is 55.1 Å². The molecule has 16 nitrogen and oxygen atoms in total. The molecule has 8 rings (SSSR count).